The number of hydrogen-bond acceptors (Lipinski definition) is 9. The first kappa shape index (κ1) is 44.8. The average Bonchev–Trinajstić information content (AvgIpc) is 3.74. The van der Waals surface area contributed by atoms with Gasteiger partial charge in [0.25, 0.3) is 5.91 Å². The minimum atomic E-state index is -1.10. The molecule has 13 nitrogen and oxygen atoms in total. The zero-order chi connectivity index (χ0) is 44.6. The molecule has 2 fully saturated rings. The molecule has 0 unspecified atom stereocenters. The second kappa shape index (κ2) is 18.2. The van der Waals surface area contributed by atoms with Crippen LogP contribution in [0.1, 0.15) is 84.4 Å². The molecular weight excluding hydrogens is 783 g/mol. The summed E-state index contributed by atoms with van der Waals surface area (Å²) < 4.78 is 8.44. The zero-order valence-electron chi connectivity index (χ0n) is 38.0. The number of fused-ring (bicyclic) bond motifs is 6. The van der Waals surface area contributed by atoms with Gasteiger partial charge >= 0.3 is 5.97 Å². The number of nitrogens with one attached hydrogen (secondary N) is 2. The zero-order valence-corrected chi connectivity index (χ0v) is 38.0. The van der Waals surface area contributed by atoms with E-state index >= 15 is 0 Å². The molecule has 0 saturated carbocycles. The van der Waals surface area contributed by atoms with Gasteiger partial charge in [0.2, 0.25) is 11.8 Å². The van der Waals surface area contributed by atoms with E-state index in [1.165, 1.54) is 15.5 Å². The monoisotopic (exact) mass is 847 g/mol. The van der Waals surface area contributed by atoms with Crippen molar-refractivity contribution in [2.45, 2.75) is 118 Å². The summed E-state index contributed by atoms with van der Waals surface area (Å²) in [4.78, 5) is 65.1. The minimum absolute atomic E-state index is 0.0275. The molecule has 0 spiro atoms. The van der Waals surface area contributed by atoms with Crippen LogP contribution in [0.15, 0.2) is 54.9 Å². The largest absolute Gasteiger partial charge is 0.508 e. The van der Waals surface area contributed by atoms with E-state index in [0.29, 0.717) is 31.4 Å². The average molecular weight is 848 g/mol. The number of aryl methyl sites for hydroxylation is 2. The van der Waals surface area contributed by atoms with Crippen LogP contribution in [-0.4, -0.2) is 111 Å². The van der Waals surface area contributed by atoms with Crippen LogP contribution in [0.2, 0.25) is 0 Å². The number of benzene rings is 2. The van der Waals surface area contributed by atoms with E-state index in [1.54, 1.807) is 19.2 Å². The van der Waals surface area contributed by atoms with E-state index in [0.717, 1.165) is 64.8 Å². The highest BCUT2D eigenvalue weighted by Crippen LogP contribution is 2.41. The molecule has 5 heterocycles. The molecule has 2 aromatic carbocycles. The molecule has 3 N–H and O–H groups in total. The van der Waals surface area contributed by atoms with Crippen LogP contribution in [-0.2, 0) is 49.7 Å². The Balaban J connectivity index is 1.33. The normalized spacial score (nSPS) is 22.6. The Morgan fingerprint density at radius 3 is 2.53 bits per heavy atom. The number of esters is 1. The summed E-state index contributed by atoms with van der Waals surface area (Å²) in [5.41, 5.74) is 10.5. The van der Waals surface area contributed by atoms with Gasteiger partial charge in [0.15, 0.2) is 0 Å². The summed E-state index contributed by atoms with van der Waals surface area (Å²) in [6, 6.07) is 10.7. The number of amides is 3. The number of hydrogen-bond donors (Lipinski definition) is 3. The van der Waals surface area contributed by atoms with Crippen LogP contribution >= 0.6 is 0 Å². The fourth-order valence-corrected chi connectivity index (χ4v) is 10.1. The van der Waals surface area contributed by atoms with Gasteiger partial charge in [-0.1, -0.05) is 53.7 Å². The van der Waals surface area contributed by atoms with Crippen molar-refractivity contribution in [1.29, 1.82) is 0 Å². The SMILES string of the molecule is CCc1ccncc1-c1c2c3cc(ccc3n1CC)-c1cc(O)cc(c1)C[C@H](NC(=O)[C@H](C(C)C)N(C)C(=O)[C@H]1[C@@H](C)CCN1C)C(=O)N1CCC[C@H](N1)C(=O)OCC(C)(C)C2. The smallest absolute Gasteiger partial charge is 0.324 e. The van der Waals surface area contributed by atoms with Crippen molar-refractivity contribution >= 4 is 34.6 Å². The lowest BCUT2D eigenvalue weighted by atomic mass is 9.84. The Morgan fingerprint density at radius 2 is 1.84 bits per heavy atom. The fourth-order valence-electron chi connectivity index (χ4n) is 10.1. The van der Waals surface area contributed by atoms with Gasteiger partial charge in [0.1, 0.15) is 23.9 Å². The minimum Gasteiger partial charge on any atom is -0.508 e. The number of phenolic OH excluding ortho intramolecular Hbond substituents is 1. The van der Waals surface area contributed by atoms with Gasteiger partial charge < -0.3 is 24.6 Å². The van der Waals surface area contributed by atoms with Crippen molar-refractivity contribution < 1.29 is 29.0 Å². The van der Waals surface area contributed by atoms with Crippen LogP contribution in [0.5, 0.6) is 5.75 Å². The number of rotatable bonds is 8. The number of pyridine rings is 1. The fraction of sp³-hybridized carbons (Fsp3) is 0.531. The van der Waals surface area contributed by atoms with Crippen LogP contribution in [0.4, 0.5) is 0 Å². The Kier molecular flexibility index (Phi) is 13.2. The number of cyclic esters (lactones) is 1. The van der Waals surface area contributed by atoms with Gasteiger partial charge in [-0.05, 0) is 123 Å². The van der Waals surface area contributed by atoms with Crippen molar-refractivity contribution in [1.82, 2.24) is 35.1 Å². The van der Waals surface area contributed by atoms with E-state index in [4.69, 9.17) is 4.74 Å². The number of phenols is 1. The van der Waals surface area contributed by atoms with Crippen LogP contribution < -0.4 is 10.7 Å². The number of aromatic nitrogens is 2. The van der Waals surface area contributed by atoms with E-state index in [1.807, 2.05) is 44.3 Å². The second-order valence-corrected chi connectivity index (χ2v) is 18.9. The number of hydrazine groups is 1. The number of aromatic hydroxyl groups is 1. The molecule has 3 aliphatic heterocycles. The summed E-state index contributed by atoms with van der Waals surface area (Å²) in [7, 11) is 3.60. The Morgan fingerprint density at radius 1 is 1.06 bits per heavy atom. The van der Waals surface area contributed by atoms with Gasteiger partial charge in [-0.25, -0.2) is 5.43 Å². The van der Waals surface area contributed by atoms with Crippen molar-refractivity contribution in [3.8, 4) is 28.1 Å². The molecule has 332 valence electrons. The van der Waals surface area contributed by atoms with E-state index < -0.39 is 41.3 Å². The van der Waals surface area contributed by atoms with Gasteiger partial charge in [-0.3, -0.25) is 34.1 Å². The summed E-state index contributed by atoms with van der Waals surface area (Å²) in [6.07, 6.45) is 7.17. The maximum atomic E-state index is 14.7. The van der Waals surface area contributed by atoms with Crippen LogP contribution in [0.3, 0.4) is 0 Å². The molecule has 7 rings (SSSR count). The lowest BCUT2D eigenvalue weighted by Gasteiger charge is -2.37. The van der Waals surface area contributed by atoms with E-state index in [-0.39, 0.29) is 42.6 Å². The molecule has 13 heteroatoms. The van der Waals surface area contributed by atoms with Gasteiger partial charge in [-0.2, -0.15) is 0 Å². The Bertz CT molecular complexity index is 2330. The van der Waals surface area contributed by atoms with Gasteiger partial charge in [0, 0.05) is 60.8 Å². The van der Waals surface area contributed by atoms with Crippen molar-refractivity contribution in [2.24, 2.45) is 17.3 Å². The van der Waals surface area contributed by atoms with Gasteiger partial charge in [0.05, 0.1) is 18.3 Å². The first-order valence-electron chi connectivity index (χ1n) is 22.4. The summed E-state index contributed by atoms with van der Waals surface area (Å²) in [5, 5.41) is 16.8. The number of likely N-dealkylation sites (N-methyl/N-ethyl adjacent to an activating group) is 2. The molecule has 2 saturated heterocycles. The standard InChI is InChI=1S/C49H65N7O6/c1-10-32-16-18-50-27-38(32)44-37-26-49(6,7)28-62-48(61)39-13-12-19-56(52-39)46(59)40(51-45(58)42(29(3)4)54(9)47(60)43-30(5)17-20-53(43)8)23-31-21-34(24-35(57)22-31)33-14-15-41(36(37)25-33)55(44)11-2/h14-16,18,21-22,24-25,27,29-30,39-40,42-43,52,57H,10-13,17,19-20,23,26,28H2,1-9H3,(H,51,58)/t30-,39-,40-,42-,43+/m0/s1. The van der Waals surface area contributed by atoms with E-state index in [2.05, 4.69) is 79.2 Å². The molecule has 3 amide bonds. The summed E-state index contributed by atoms with van der Waals surface area (Å²) in [5.74, 6) is -1.55. The quantitative estimate of drug-likeness (QED) is 0.178. The molecule has 5 atom stereocenters. The number of carbonyl (C=O) groups is 4. The summed E-state index contributed by atoms with van der Waals surface area (Å²) >= 11 is 0. The molecule has 2 aromatic heterocycles. The number of nitrogens with zero attached hydrogens (tertiary/aromatic N) is 5. The molecule has 4 aromatic rings. The third-order valence-corrected chi connectivity index (χ3v) is 13.3. The molecule has 62 heavy (non-hydrogen) atoms. The van der Waals surface area contributed by atoms with Crippen LogP contribution in [0, 0.1) is 17.3 Å². The second-order valence-electron chi connectivity index (χ2n) is 18.9. The third kappa shape index (κ3) is 8.97. The molecule has 0 radical (unpaired) electrons. The molecule has 3 aliphatic rings. The maximum Gasteiger partial charge on any atom is 0.324 e. The maximum absolute atomic E-state index is 14.7. The van der Waals surface area contributed by atoms with Crippen molar-refractivity contribution in [3.63, 3.8) is 0 Å². The lowest BCUT2D eigenvalue weighted by molar-refractivity contribution is -0.155. The molecule has 0 aliphatic carbocycles. The lowest BCUT2D eigenvalue weighted by Crippen LogP contribution is -2.62. The third-order valence-electron chi connectivity index (χ3n) is 13.3. The first-order chi connectivity index (χ1) is 29.5. The number of carbonyl (C=O) groups excluding carboxylic acids is 4. The number of likely N-dealkylation sites (tertiary alicyclic amines) is 1. The highest BCUT2D eigenvalue weighted by Gasteiger charge is 2.42. The van der Waals surface area contributed by atoms with Crippen LogP contribution in [0.25, 0.3) is 33.3 Å². The number of ether oxygens (including phenoxy) is 1. The first-order valence-corrected chi connectivity index (χ1v) is 22.4. The van der Waals surface area contributed by atoms with Gasteiger partial charge in [-0.15, -0.1) is 0 Å². The van der Waals surface area contributed by atoms with E-state index in [9.17, 15) is 24.3 Å². The molecular formula is C49H65N7O6. The van der Waals surface area contributed by atoms with Crippen molar-refractivity contribution in [3.05, 3.63) is 71.5 Å². The predicted octanol–water partition coefficient (Wildman–Crippen LogP) is 6.13. The Labute approximate surface area is 366 Å². The topological polar surface area (TPSA) is 149 Å². The highest BCUT2D eigenvalue weighted by atomic mass is 16.5. The highest BCUT2D eigenvalue weighted by molar-refractivity contribution is 5.96. The summed E-state index contributed by atoms with van der Waals surface area (Å²) in [6.45, 7) is 16.3. The Hall–Kier alpha value is -5.27. The molecule has 6 bridgehead atoms. The predicted molar refractivity (Wildman–Crippen MR) is 241 cm³/mol. The van der Waals surface area contributed by atoms with Crippen molar-refractivity contribution in [2.75, 3.05) is 33.8 Å².